The lowest BCUT2D eigenvalue weighted by Crippen LogP contribution is -2.52. The fraction of sp³-hybridized carbons (Fsp3) is 0.333. The van der Waals surface area contributed by atoms with Gasteiger partial charge in [0, 0.05) is 5.92 Å². The molecule has 0 radical (unpaired) electrons. The van der Waals surface area contributed by atoms with Crippen molar-refractivity contribution in [3.8, 4) is 24.3 Å². The number of carbonyl (C=O) groups excluding carboxylic acids is 2. The molecule has 0 saturated carbocycles. The molecule has 3 aliphatic carbocycles. The first-order chi connectivity index (χ1) is 14.3. The van der Waals surface area contributed by atoms with Crippen LogP contribution in [0.25, 0.3) is 0 Å². The van der Waals surface area contributed by atoms with Crippen molar-refractivity contribution >= 4 is 11.9 Å². The Kier molecular flexibility index (Phi) is 4.71. The van der Waals surface area contributed by atoms with Gasteiger partial charge in [0.25, 0.3) is 0 Å². The van der Waals surface area contributed by atoms with E-state index in [2.05, 4.69) is 0 Å². The Morgan fingerprint density at radius 3 is 1.93 bits per heavy atom. The summed E-state index contributed by atoms with van der Waals surface area (Å²) in [5.41, 5.74) is -4.80. The molecule has 9 nitrogen and oxygen atoms in total. The van der Waals surface area contributed by atoms with Crippen LogP contribution in [0.1, 0.15) is 23.0 Å². The van der Waals surface area contributed by atoms with Crippen molar-refractivity contribution < 1.29 is 24.2 Å². The lowest BCUT2D eigenvalue weighted by atomic mass is 9.47. The van der Waals surface area contributed by atoms with E-state index in [9.17, 15) is 35.7 Å². The number of nitrogens with zero attached hydrogens (tertiary/aromatic N) is 4. The maximum atomic E-state index is 12.7. The molecule has 9 heteroatoms. The van der Waals surface area contributed by atoms with Crippen molar-refractivity contribution in [1.29, 1.82) is 21.0 Å². The molecule has 0 heterocycles. The zero-order chi connectivity index (χ0) is 22.3. The van der Waals surface area contributed by atoms with Crippen LogP contribution in [0.15, 0.2) is 35.6 Å². The highest BCUT2D eigenvalue weighted by Gasteiger charge is 2.73. The van der Waals surface area contributed by atoms with Gasteiger partial charge in [-0.2, -0.15) is 21.0 Å². The SMILES string of the molecule is COC(=O)C1=C(O)[C@@H](C(=O)OC)[C@@H]2c3ccccc3[C@@H]1C(C#N)(C#N)C2(C#N)C#N. The number of hydrogen-bond donors (Lipinski definition) is 1. The molecule has 0 unspecified atom stereocenters. The Balaban J connectivity index is 2.65. The van der Waals surface area contributed by atoms with Crippen LogP contribution in [0.3, 0.4) is 0 Å². The number of aliphatic hydroxyl groups excluding tert-OH is 1. The van der Waals surface area contributed by atoms with Gasteiger partial charge in [-0.05, 0) is 11.1 Å². The smallest absolute Gasteiger partial charge is 0.337 e. The Labute approximate surface area is 171 Å². The summed E-state index contributed by atoms with van der Waals surface area (Å²) in [6.45, 7) is 0. The van der Waals surface area contributed by atoms with Crippen molar-refractivity contribution in [2.45, 2.75) is 11.8 Å². The second-order valence-electron chi connectivity index (χ2n) is 6.89. The van der Waals surface area contributed by atoms with Crippen molar-refractivity contribution in [2.24, 2.45) is 16.7 Å². The van der Waals surface area contributed by atoms with Gasteiger partial charge in [-0.1, -0.05) is 24.3 Å². The Morgan fingerprint density at radius 1 is 0.933 bits per heavy atom. The fourth-order valence-corrected chi connectivity index (χ4v) is 4.65. The fourth-order valence-electron chi connectivity index (χ4n) is 4.65. The summed E-state index contributed by atoms with van der Waals surface area (Å²) < 4.78 is 9.56. The predicted molar refractivity (Wildman–Crippen MR) is 96.4 cm³/mol. The molecule has 0 fully saturated rings. The monoisotopic (exact) mass is 402 g/mol. The Hall–Kier alpha value is -4.34. The summed E-state index contributed by atoms with van der Waals surface area (Å²) in [5.74, 6) is -7.56. The van der Waals surface area contributed by atoms with E-state index in [-0.39, 0.29) is 11.1 Å². The molecule has 1 N–H and O–H groups in total. The molecule has 4 rings (SSSR count). The van der Waals surface area contributed by atoms with Crippen LogP contribution in [0, 0.1) is 62.1 Å². The second kappa shape index (κ2) is 6.92. The van der Waals surface area contributed by atoms with Gasteiger partial charge in [-0.25, -0.2) is 4.79 Å². The first-order valence-electron chi connectivity index (χ1n) is 8.68. The summed E-state index contributed by atoms with van der Waals surface area (Å²) >= 11 is 0. The van der Waals surface area contributed by atoms with Crippen molar-refractivity contribution in [1.82, 2.24) is 0 Å². The van der Waals surface area contributed by atoms with E-state index in [0.717, 1.165) is 14.2 Å². The maximum Gasteiger partial charge on any atom is 0.337 e. The zero-order valence-electron chi connectivity index (χ0n) is 15.9. The number of methoxy groups -OCH3 is 2. The minimum Gasteiger partial charge on any atom is -0.511 e. The van der Waals surface area contributed by atoms with Crippen LogP contribution in [0.4, 0.5) is 0 Å². The third-order valence-electron chi connectivity index (χ3n) is 5.92. The predicted octanol–water partition coefficient (Wildman–Crippen LogP) is 1.72. The van der Waals surface area contributed by atoms with E-state index >= 15 is 0 Å². The highest BCUT2D eigenvalue weighted by Crippen LogP contribution is 2.67. The van der Waals surface area contributed by atoms with E-state index in [0.29, 0.717) is 0 Å². The number of esters is 2. The third-order valence-corrected chi connectivity index (χ3v) is 5.92. The lowest BCUT2D eigenvalue weighted by Gasteiger charge is -2.46. The molecule has 0 aliphatic heterocycles. The first-order valence-corrected chi connectivity index (χ1v) is 8.68. The quantitative estimate of drug-likeness (QED) is 0.724. The number of nitriles is 4. The van der Waals surface area contributed by atoms with Gasteiger partial charge in [0.2, 0.25) is 0 Å². The highest BCUT2D eigenvalue weighted by molar-refractivity contribution is 5.95. The van der Waals surface area contributed by atoms with Crippen LogP contribution in [-0.4, -0.2) is 31.3 Å². The van der Waals surface area contributed by atoms with Crippen molar-refractivity contribution in [2.75, 3.05) is 14.2 Å². The van der Waals surface area contributed by atoms with E-state index in [1.807, 2.05) is 0 Å². The summed E-state index contributed by atoms with van der Waals surface area (Å²) in [6.07, 6.45) is 0. The third kappa shape index (κ3) is 2.12. The Morgan fingerprint density at radius 2 is 1.47 bits per heavy atom. The second-order valence-corrected chi connectivity index (χ2v) is 6.89. The molecule has 0 spiro atoms. The number of carbonyl (C=O) groups is 2. The lowest BCUT2D eigenvalue weighted by molar-refractivity contribution is -0.146. The number of rotatable bonds is 2. The van der Waals surface area contributed by atoms with Gasteiger partial charge in [0.1, 0.15) is 11.7 Å². The molecule has 148 valence electrons. The van der Waals surface area contributed by atoms with Crippen molar-refractivity contribution in [3.63, 3.8) is 0 Å². The van der Waals surface area contributed by atoms with Crippen LogP contribution in [-0.2, 0) is 19.1 Å². The number of fused-ring (bicyclic) bond motifs is 2. The number of aliphatic hydroxyl groups is 1. The largest absolute Gasteiger partial charge is 0.511 e. The van der Waals surface area contributed by atoms with Gasteiger partial charge in [-0.3, -0.25) is 4.79 Å². The summed E-state index contributed by atoms with van der Waals surface area (Å²) in [4.78, 5) is 25.5. The van der Waals surface area contributed by atoms with Crippen LogP contribution in [0.5, 0.6) is 0 Å². The number of hydrogen-bond acceptors (Lipinski definition) is 9. The molecule has 0 saturated heterocycles. The van der Waals surface area contributed by atoms with E-state index in [1.165, 1.54) is 12.1 Å². The van der Waals surface area contributed by atoms with Gasteiger partial charge >= 0.3 is 11.9 Å². The average molecular weight is 402 g/mol. The minimum absolute atomic E-state index is 0.269. The van der Waals surface area contributed by atoms with E-state index < -0.39 is 51.9 Å². The summed E-state index contributed by atoms with van der Waals surface area (Å²) in [7, 11) is 2.07. The van der Waals surface area contributed by atoms with Gasteiger partial charge < -0.3 is 14.6 Å². The van der Waals surface area contributed by atoms with E-state index in [1.54, 1.807) is 36.4 Å². The zero-order valence-corrected chi connectivity index (χ0v) is 15.9. The van der Waals surface area contributed by atoms with Crippen LogP contribution in [0.2, 0.25) is 0 Å². The first kappa shape index (κ1) is 20.4. The van der Waals surface area contributed by atoms with Crippen molar-refractivity contribution in [3.05, 3.63) is 46.7 Å². The molecule has 0 amide bonds. The average Bonchev–Trinajstić information content (AvgIpc) is 2.95. The van der Waals surface area contributed by atoms with Gasteiger partial charge in [0.05, 0.1) is 50.0 Å². The normalized spacial score (nSPS) is 24.7. The molecule has 2 bridgehead atoms. The van der Waals surface area contributed by atoms with Gasteiger partial charge in [0.15, 0.2) is 10.8 Å². The number of benzene rings is 1. The van der Waals surface area contributed by atoms with Gasteiger partial charge in [-0.15, -0.1) is 0 Å². The van der Waals surface area contributed by atoms with Crippen LogP contribution >= 0.6 is 0 Å². The number of ether oxygens (including phenoxy) is 2. The molecule has 30 heavy (non-hydrogen) atoms. The van der Waals surface area contributed by atoms with E-state index in [4.69, 9.17) is 9.47 Å². The minimum atomic E-state index is -2.42. The molecular formula is C21H14N4O5. The molecule has 3 aliphatic rings. The van der Waals surface area contributed by atoms with Crippen LogP contribution < -0.4 is 0 Å². The maximum absolute atomic E-state index is 12.7. The molecule has 1 aromatic rings. The highest BCUT2D eigenvalue weighted by atomic mass is 16.5. The summed E-state index contributed by atoms with van der Waals surface area (Å²) in [5, 5.41) is 51.5. The Bertz CT molecular complexity index is 1130. The standard InChI is InChI=1S/C21H14N4O5/c1-29-18(27)13-15-11-5-3-4-6-12(11)16(14(17(13)26)19(28)30-2)21(9-24,10-25)20(15,7-22)8-23/h3-6,13,15-16,26H,1-2H3/t13-,15-,16-/m0/s1. The topological polar surface area (TPSA) is 168 Å². The molecule has 3 atom stereocenters. The molecule has 0 aromatic heterocycles. The molecule has 1 aromatic carbocycles. The summed E-state index contributed by atoms with van der Waals surface area (Å²) in [6, 6.07) is 13.3. The molecular weight excluding hydrogens is 388 g/mol.